The highest BCUT2D eigenvalue weighted by Crippen LogP contribution is 2.26. The van der Waals surface area contributed by atoms with Crippen LogP contribution in [0.3, 0.4) is 0 Å². The van der Waals surface area contributed by atoms with E-state index in [0.29, 0.717) is 12.5 Å². The summed E-state index contributed by atoms with van der Waals surface area (Å²) in [6.07, 6.45) is 0.890. The number of nitrogens with one attached hydrogen (secondary N) is 1. The first kappa shape index (κ1) is 23.9. The molecule has 0 spiro atoms. The van der Waals surface area contributed by atoms with Crippen LogP contribution in [0.1, 0.15) is 17.5 Å². The minimum absolute atomic E-state index is 0.0595. The molecular weight excluding hydrogens is 441 g/mol. The molecule has 6 heteroatoms. The molecule has 5 nitrogen and oxygen atoms in total. The Hall–Kier alpha value is -2.80. The lowest BCUT2D eigenvalue weighted by Crippen LogP contribution is -2.49. The van der Waals surface area contributed by atoms with Gasteiger partial charge < -0.3 is 10.1 Å². The van der Waals surface area contributed by atoms with Gasteiger partial charge in [-0.1, -0.05) is 48.5 Å². The van der Waals surface area contributed by atoms with Crippen molar-refractivity contribution in [1.82, 2.24) is 15.1 Å². The van der Waals surface area contributed by atoms with Crippen molar-refractivity contribution in [2.24, 2.45) is 11.8 Å². The van der Waals surface area contributed by atoms with Gasteiger partial charge in [-0.3, -0.25) is 14.6 Å². The van der Waals surface area contributed by atoms with Crippen LogP contribution in [0.2, 0.25) is 0 Å². The van der Waals surface area contributed by atoms with Gasteiger partial charge in [-0.15, -0.1) is 0 Å². The monoisotopic (exact) mass is 475 g/mol. The van der Waals surface area contributed by atoms with E-state index in [1.165, 1.54) is 28.5 Å². The van der Waals surface area contributed by atoms with Crippen LogP contribution >= 0.6 is 0 Å². The molecule has 2 aliphatic heterocycles. The molecular formula is C29H34FN3O2. The first-order chi connectivity index (χ1) is 17.1. The number of halogens is 1. The van der Waals surface area contributed by atoms with Gasteiger partial charge in [0.25, 0.3) is 0 Å². The minimum atomic E-state index is -0.261. The summed E-state index contributed by atoms with van der Waals surface area (Å²) in [5.41, 5.74) is 2.19. The van der Waals surface area contributed by atoms with E-state index in [4.69, 9.17) is 4.74 Å². The average molecular weight is 476 g/mol. The molecule has 2 fully saturated rings. The van der Waals surface area contributed by atoms with Crippen LogP contribution in [-0.2, 0) is 22.6 Å². The molecule has 0 aromatic heterocycles. The number of likely N-dealkylation sites (tertiary alicyclic amines) is 1. The van der Waals surface area contributed by atoms with Gasteiger partial charge in [-0.2, -0.15) is 0 Å². The predicted octanol–water partition coefficient (Wildman–Crippen LogP) is 4.07. The Balaban J connectivity index is 1.26. The number of piperidine rings is 1. The molecule has 5 rings (SSSR count). The number of carbonyl (C=O) groups excluding carboxylic acids is 1. The summed E-state index contributed by atoms with van der Waals surface area (Å²) < 4.78 is 18.7. The van der Waals surface area contributed by atoms with Crippen LogP contribution in [0.5, 0.6) is 0 Å². The number of fused-ring (bicyclic) bond motifs is 1. The minimum Gasteiger partial charge on any atom is -0.379 e. The lowest BCUT2D eigenvalue weighted by molar-refractivity contribution is -0.128. The molecule has 35 heavy (non-hydrogen) atoms. The Labute approximate surface area is 206 Å². The second-order valence-electron chi connectivity index (χ2n) is 9.93. The summed E-state index contributed by atoms with van der Waals surface area (Å²) in [7, 11) is 0. The third kappa shape index (κ3) is 6.45. The van der Waals surface area contributed by atoms with Crippen molar-refractivity contribution in [2.75, 3.05) is 45.9 Å². The molecule has 184 valence electrons. The van der Waals surface area contributed by atoms with E-state index >= 15 is 0 Å². The molecule has 2 saturated heterocycles. The van der Waals surface area contributed by atoms with Crippen molar-refractivity contribution in [3.05, 3.63) is 83.7 Å². The second-order valence-corrected chi connectivity index (χ2v) is 9.93. The zero-order valence-corrected chi connectivity index (χ0v) is 20.2. The molecule has 0 saturated carbocycles. The molecule has 1 N–H and O–H groups in total. The fraction of sp³-hybridized carbons (Fsp3) is 0.414. The normalized spacial score (nSPS) is 21.7. The van der Waals surface area contributed by atoms with Crippen molar-refractivity contribution in [2.45, 2.75) is 19.5 Å². The first-order valence-electron chi connectivity index (χ1n) is 12.6. The second kappa shape index (κ2) is 11.3. The van der Waals surface area contributed by atoms with Gasteiger partial charge in [0.2, 0.25) is 5.91 Å². The fourth-order valence-electron chi connectivity index (χ4n) is 5.43. The quantitative estimate of drug-likeness (QED) is 0.560. The summed E-state index contributed by atoms with van der Waals surface area (Å²) >= 11 is 0. The maximum absolute atomic E-state index is 13.2. The smallest absolute Gasteiger partial charge is 0.224 e. The van der Waals surface area contributed by atoms with Gasteiger partial charge >= 0.3 is 0 Å². The van der Waals surface area contributed by atoms with Crippen LogP contribution in [-0.4, -0.2) is 61.6 Å². The maximum atomic E-state index is 13.2. The third-order valence-corrected chi connectivity index (χ3v) is 7.20. The first-order valence-corrected chi connectivity index (χ1v) is 12.6. The van der Waals surface area contributed by atoms with Gasteiger partial charge in [0.15, 0.2) is 0 Å². The van der Waals surface area contributed by atoms with E-state index in [0.717, 1.165) is 64.5 Å². The van der Waals surface area contributed by atoms with Crippen LogP contribution in [0.15, 0.2) is 66.7 Å². The van der Waals surface area contributed by atoms with Gasteiger partial charge in [0, 0.05) is 45.8 Å². The van der Waals surface area contributed by atoms with Crippen LogP contribution < -0.4 is 5.32 Å². The lowest BCUT2D eigenvalue weighted by atomic mass is 9.87. The molecule has 2 heterocycles. The number of hydrogen-bond acceptors (Lipinski definition) is 4. The molecule has 0 bridgehead atoms. The summed E-state index contributed by atoms with van der Waals surface area (Å²) in [5.74, 6) is 0.201. The molecule has 0 radical (unpaired) electrons. The van der Waals surface area contributed by atoms with Crippen LogP contribution in [0.25, 0.3) is 10.8 Å². The van der Waals surface area contributed by atoms with Gasteiger partial charge in [0.1, 0.15) is 5.82 Å². The Morgan fingerprint density at radius 2 is 1.66 bits per heavy atom. The number of morpholine rings is 1. The van der Waals surface area contributed by atoms with Crippen molar-refractivity contribution in [3.63, 3.8) is 0 Å². The Morgan fingerprint density at radius 1 is 0.914 bits per heavy atom. The number of rotatable bonds is 7. The molecule has 0 unspecified atom stereocenters. The van der Waals surface area contributed by atoms with E-state index < -0.39 is 0 Å². The predicted molar refractivity (Wildman–Crippen MR) is 136 cm³/mol. The van der Waals surface area contributed by atoms with Crippen molar-refractivity contribution in [1.29, 1.82) is 0 Å². The summed E-state index contributed by atoms with van der Waals surface area (Å²) in [6.45, 7) is 7.50. The average Bonchev–Trinajstić information content (AvgIpc) is 2.88. The van der Waals surface area contributed by atoms with Crippen molar-refractivity contribution >= 4 is 16.7 Å². The van der Waals surface area contributed by atoms with Crippen LogP contribution in [0, 0.1) is 17.7 Å². The van der Waals surface area contributed by atoms with E-state index in [-0.39, 0.29) is 17.6 Å². The SMILES string of the molecule is O=C(NCc1ccc(F)cc1)[C@@H]1C[C@H](CN2CCOCC2)CN(Cc2ccc3ccccc3c2)C1. The highest BCUT2D eigenvalue weighted by molar-refractivity contribution is 5.83. The number of carbonyl (C=O) groups is 1. The highest BCUT2D eigenvalue weighted by Gasteiger charge is 2.32. The molecule has 3 aromatic carbocycles. The Bertz CT molecular complexity index is 1130. The summed E-state index contributed by atoms with van der Waals surface area (Å²) in [6, 6.07) is 21.4. The zero-order valence-electron chi connectivity index (χ0n) is 20.2. The third-order valence-electron chi connectivity index (χ3n) is 7.20. The number of ether oxygens (including phenoxy) is 1. The van der Waals surface area contributed by atoms with Crippen LogP contribution in [0.4, 0.5) is 4.39 Å². The van der Waals surface area contributed by atoms with E-state index in [1.807, 2.05) is 0 Å². The van der Waals surface area contributed by atoms with E-state index in [2.05, 4.69) is 57.6 Å². The summed E-state index contributed by atoms with van der Waals surface area (Å²) in [4.78, 5) is 18.1. The summed E-state index contributed by atoms with van der Waals surface area (Å²) in [5, 5.41) is 5.60. The number of nitrogens with zero attached hydrogens (tertiary/aromatic N) is 2. The molecule has 2 atom stereocenters. The Kier molecular flexibility index (Phi) is 7.72. The Morgan fingerprint density at radius 3 is 2.46 bits per heavy atom. The fourth-order valence-corrected chi connectivity index (χ4v) is 5.43. The topological polar surface area (TPSA) is 44.8 Å². The number of amides is 1. The molecule has 2 aliphatic rings. The zero-order chi connectivity index (χ0) is 24.0. The highest BCUT2D eigenvalue weighted by atomic mass is 19.1. The van der Waals surface area contributed by atoms with Crippen molar-refractivity contribution in [3.8, 4) is 0 Å². The van der Waals surface area contributed by atoms with Crippen molar-refractivity contribution < 1.29 is 13.9 Å². The van der Waals surface area contributed by atoms with E-state index in [1.54, 1.807) is 12.1 Å². The van der Waals surface area contributed by atoms with Gasteiger partial charge in [0.05, 0.1) is 19.1 Å². The number of benzene rings is 3. The molecule has 0 aliphatic carbocycles. The van der Waals surface area contributed by atoms with E-state index in [9.17, 15) is 9.18 Å². The maximum Gasteiger partial charge on any atom is 0.224 e. The standard InChI is InChI=1S/C29H34FN3O2/c30-28-9-6-22(7-10-28)17-31-29(34)27-16-24(19-32-11-13-35-14-12-32)20-33(21-27)18-23-5-8-25-3-1-2-4-26(25)15-23/h1-10,15,24,27H,11-14,16-21H2,(H,31,34)/t24-,27-/m1/s1. The lowest BCUT2D eigenvalue weighted by Gasteiger charge is -2.40. The number of hydrogen-bond donors (Lipinski definition) is 1. The van der Waals surface area contributed by atoms with Gasteiger partial charge in [-0.25, -0.2) is 4.39 Å². The molecule has 3 aromatic rings. The van der Waals surface area contributed by atoms with Gasteiger partial charge in [-0.05, 0) is 52.4 Å². The largest absolute Gasteiger partial charge is 0.379 e. The molecule has 1 amide bonds.